The minimum Gasteiger partial charge on any atom is -0.467 e. The Morgan fingerprint density at radius 3 is 2.73 bits per heavy atom. The van der Waals surface area contributed by atoms with Gasteiger partial charge in [0.25, 0.3) is 5.56 Å². The van der Waals surface area contributed by atoms with Gasteiger partial charge in [-0.25, -0.2) is 4.98 Å². The number of carbonyl (C=O) groups excluding carboxylic acids is 1. The van der Waals surface area contributed by atoms with Crippen LogP contribution in [0.1, 0.15) is 31.4 Å². The van der Waals surface area contributed by atoms with Crippen LogP contribution in [0.25, 0.3) is 16.0 Å². The molecular formula is C23H22N4O3S3. The van der Waals surface area contributed by atoms with Crippen molar-refractivity contribution < 1.29 is 9.21 Å². The first-order valence-electron chi connectivity index (χ1n) is 10.8. The van der Waals surface area contributed by atoms with Crippen molar-refractivity contribution in [1.29, 1.82) is 0 Å². The van der Waals surface area contributed by atoms with Crippen molar-refractivity contribution in [1.82, 2.24) is 19.4 Å². The molecule has 170 valence electrons. The molecule has 0 aliphatic heterocycles. The van der Waals surface area contributed by atoms with Crippen LogP contribution in [-0.2, 0) is 11.3 Å². The van der Waals surface area contributed by atoms with Gasteiger partial charge in [-0.1, -0.05) is 54.1 Å². The van der Waals surface area contributed by atoms with Gasteiger partial charge in [0, 0.05) is 6.04 Å². The zero-order chi connectivity index (χ0) is 22.8. The van der Waals surface area contributed by atoms with E-state index in [1.807, 2.05) is 47.0 Å². The van der Waals surface area contributed by atoms with Gasteiger partial charge in [0.15, 0.2) is 14.8 Å². The lowest BCUT2D eigenvalue weighted by molar-refractivity contribution is -0.119. The van der Waals surface area contributed by atoms with Crippen LogP contribution in [0.3, 0.4) is 0 Å². The van der Waals surface area contributed by atoms with Gasteiger partial charge < -0.3 is 9.73 Å². The fourth-order valence-electron chi connectivity index (χ4n) is 4.05. The number of hydrogen-bond acceptors (Lipinski definition) is 7. The van der Waals surface area contributed by atoms with E-state index in [4.69, 9.17) is 21.6 Å². The van der Waals surface area contributed by atoms with Crippen molar-refractivity contribution in [3.05, 3.63) is 68.8 Å². The fraction of sp³-hybridized carbons (Fsp3) is 0.304. The molecule has 0 unspecified atom stereocenters. The highest BCUT2D eigenvalue weighted by Gasteiger charge is 2.21. The highest BCUT2D eigenvalue weighted by molar-refractivity contribution is 7.99. The second-order valence-electron chi connectivity index (χ2n) is 7.89. The van der Waals surface area contributed by atoms with Crippen LogP contribution in [0, 0.1) is 3.95 Å². The van der Waals surface area contributed by atoms with E-state index in [0.717, 1.165) is 31.4 Å². The molecule has 33 heavy (non-hydrogen) atoms. The Morgan fingerprint density at radius 1 is 1.21 bits per heavy atom. The van der Waals surface area contributed by atoms with Crippen molar-refractivity contribution >= 4 is 51.6 Å². The molecule has 4 aromatic rings. The first-order valence-corrected chi connectivity index (χ1v) is 13.0. The number of para-hydroxylation sites is 1. The smallest absolute Gasteiger partial charge is 0.278 e. The number of furan rings is 1. The molecule has 7 nitrogen and oxygen atoms in total. The summed E-state index contributed by atoms with van der Waals surface area (Å²) in [5, 5.41) is 3.56. The highest BCUT2D eigenvalue weighted by atomic mass is 32.2. The van der Waals surface area contributed by atoms with Crippen molar-refractivity contribution in [2.24, 2.45) is 0 Å². The summed E-state index contributed by atoms with van der Waals surface area (Å²) in [6.07, 6.45) is 5.97. The van der Waals surface area contributed by atoms with E-state index in [1.165, 1.54) is 23.1 Å². The zero-order valence-electron chi connectivity index (χ0n) is 17.7. The number of carbonyl (C=O) groups is 1. The van der Waals surface area contributed by atoms with Crippen molar-refractivity contribution in [3.8, 4) is 5.69 Å². The third-order valence-corrected chi connectivity index (χ3v) is 7.99. The molecule has 3 aromatic heterocycles. The minimum atomic E-state index is -0.195. The normalized spacial score (nSPS) is 14.2. The maximum Gasteiger partial charge on any atom is 0.278 e. The molecule has 1 N–H and O–H groups in total. The maximum atomic E-state index is 13.6. The Hall–Kier alpha value is -2.69. The van der Waals surface area contributed by atoms with Gasteiger partial charge in [-0.3, -0.25) is 18.7 Å². The highest BCUT2D eigenvalue weighted by Crippen LogP contribution is 2.26. The average Bonchev–Trinajstić information content (AvgIpc) is 3.57. The average molecular weight is 499 g/mol. The lowest BCUT2D eigenvalue weighted by Crippen LogP contribution is -2.34. The number of hydrogen-bond donors (Lipinski definition) is 1. The third kappa shape index (κ3) is 4.68. The second kappa shape index (κ2) is 9.66. The number of amides is 1. The van der Waals surface area contributed by atoms with Crippen molar-refractivity contribution in [2.45, 2.75) is 43.4 Å². The summed E-state index contributed by atoms with van der Waals surface area (Å²) in [6.45, 7) is 0.389. The molecule has 10 heteroatoms. The molecule has 3 heterocycles. The van der Waals surface area contributed by atoms with E-state index < -0.39 is 0 Å². The predicted octanol–water partition coefficient (Wildman–Crippen LogP) is 4.77. The Labute approximate surface area is 203 Å². The zero-order valence-corrected chi connectivity index (χ0v) is 20.2. The Kier molecular flexibility index (Phi) is 6.48. The molecule has 1 amide bonds. The van der Waals surface area contributed by atoms with E-state index >= 15 is 0 Å². The molecule has 5 rings (SSSR count). The molecule has 1 aromatic carbocycles. The van der Waals surface area contributed by atoms with E-state index in [9.17, 15) is 9.59 Å². The monoisotopic (exact) mass is 498 g/mol. The standard InChI is InChI=1S/C23H22N4O3S3/c28-18(24-15-7-4-5-8-15)14-32-22-25-20-19(21(29)27(22)16-9-2-1-3-10-16)33-23(31)26(20)13-17-11-6-12-30-17/h1-3,6,9-12,15H,4-5,7-8,13-14H2,(H,24,28). The van der Waals surface area contributed by atoms with Crippen LogP contribution in [0.2, 0.25) is 0 Å². The number of nitrogens with zero attached hydrogens (tertiary/aromatic N) is 3. The summed E-state index contributed by atoms with van der Waals surface area (Å²) in [5.74, 6) is 0.869. The summed E-state index contributed by atoms with van der Waals surface area (Å²) in [4.78, 5) is 31.0. The summed E-state index contributed by atoms with van der Waals surface area (Å²) in [6, 6.07) is 13.3. The SMILES string of the molecule is O=C(CSc1nc2c(sc(=S)n2Cc2ccco2)c(=O)n1-c1ccccc1)NC1CCCC1. The predicted molar refractivity (Wildman–Crippen MR) is 133 cm³/mol. The van der Waals surface area contributed by atoms with Gasteiger partial charge >= 0.3 is 0 Å². The Morgan fingerprint density at radius 2 is 2.00 bits per heavy atom. The van der Waals surface area contributed by atoms with Crippen LogP contribution in [0.5, 0.6) is 0 Å². The maximum absolute atomic E-state index is 13.6. The van der Waals surface area contributed by atoms with Gasteiger partial charge in [0.05, 0.1) is 24.2 Å². The Bertz CT molecular complexity index is 1380. The molecular weight excluding hydrogens is 476 g/mol. The number of fused-ring (bicyclic) bond motifs is 1. The molecule has 1 aliphatic rings. The molecule has 0 radical (unpaired) electrons. The first kappa shape index (κ1) is 22.1. The largest absolute Gasteiger partial charge is 0.467 e. The molecule has 1 aliphatic carbocycles. The number of thiazole rings is 1. The van der Waals surface area contributed by atoms with E-state index in [-0.39, 0.29) is 23.3 Å². The van der Waals surface area contributed by atoms with Crippen molar-refractivity contribution in [2.75, 3.05) is 5.75 Å². The summed E-state index contributed by atoms with van der Waals surface area (Å²) >= 11 is 8.06. The van der Waals surface area contributed by atoms with Gasteiger partial charge in [-0.15, -0.1) is 0 Å². The third-order valence-electron chi connectivity index (χ3n) is 5.62. The van der Waals surface area contributed by atoms with E-state index in [0.29, 0.717) is 31.7 Å². The number of benzene rings is 1. The second-order valence-corrected chi connectivity index (χ2v) is 10.5. The molecule has 1 fully saturated rings. The first-order chi connectivity index (χ1) is 16.1. The van der Waals surface area contributed by atoms with Gasteiger partial charge in [0.2, 0.25) is 5.91 Å². The van der Waals surface area contributed by atoms with Crippen LogP contribution < -0.4 is 10.9 Å². The molecule has 1 saturated carbocycles. The quantitative estimate of drug-likeness (QED) is 0.225. The van der Waals surface area contributed by atoms with Crippen LogP contribution >= 0.6 is 35.3 Å². The van der Waals surface area contributed by atoms with Crippen molar-refractivity contribution in [3.63, 3.8) is 0 Å². The number of nitrogens with one attached hydrogen (secondary N) is 1. The van der Waals surface area contributed by atoms with Gasteiger partial charge in [-0.2, -0.15) is 0 Å². The van der Waals surface area contributed by atoms with E-state index in [1.54, 1.807) is 10.8 Å². The molecule has 0 saturated heterocycles. The number of aromatic nitrogens is 3. The fourth-order valence-corrected chi connectivity index (χ4v) is 6.12. The number of thioether (sulfide) groups is 1. The summed E-state index contributed by atoms with van der Waals surface area (Å²) < 4.78 is 9.89. The van der Waals surface area contributed by atoms with Crippen LogP contribution in [0.4, 0.5) is 0 Å². The van der Waals surface area contributed by atoms with E-state index in [2.05, 4.69) is 5.32 Å². The topological polar surface area (TPSA) is 82.1 Å². The lowest BCUT2D eigenvalue weighted by Gasteiger charge is -2.14. The summed E-state index contributed by atoms with van der Waals surface area (Å²) in [7, 11) is 0. The van der Waals surface area contributed by atoms with Gasteiger partial charge in [-0.05, 0) is 49.3 Å². The van der Waals surface area contributed by atoms with Crippen LogP contribution in [-0.4, -0.2) is 31.8 Å². The summed E-state index contributed by atoms with van der Waals surface area (Å²) in [5.41, 5.74) is 1.02. The van der Waals surface area contributed by atoms with Crippen LogP contribution in [0.15, 0.2) is 63.1 Å². The Balaban J connectivity index is 1.54. The molecule has 0 spiro atoms. The molecule has 0 bridgehead atoms. The lowest BCUT2D eigenvalue weighted by atomic mass is 10.2. The van der Waals surface area contributed by atoms with Gasteiger partial charge in [0.1, 0.15) is 10.5 Å². The molecule has 0 atom stereocenters. The number of rotatable bonds is 7. The minimum absolute atomic E-state index is 0.0430.